The van der Waals surface area contributed by atoms with E-state index in [2.05, 4.69) is 180 Å². The summed E-state index contributed by atoms with van der Waals surface area (Å²) in [4.78, 5) is 3.00. The van der Waals surface area contributed by atoms with Gasteiger partial charge in [-0.25, -0.2) is 0 Å². The molecule has 12 N–H and O–H groups in total. The molecule has 16 heteroatoms. The Morgan fingerprint density at radius 3 is 0.709 bits per heavy atom. The number of aromatic nitrogens is 3. The summed E-state index contributed by atoms with van der Waals surface area (Å²) in [6.07, 6.45) is 0. The van der Waals surface area contributed by atoms with Gasteiger partial charge in [-0.05, 0) is 130 Å². The molecule has 0 radical (unpaired) electrons. The first-order valence-electron chi connectivity index (χ1n) is 25.4. The Labute approximate surface area is 463 Å². The first-order chi connectivity index (χ1) is 37.9. The second-order valence-corrected chi connectivity index (χ2v) is 18.3. The van der Waals surface area contributed by atoms with Crippen molar-refractivity contribution in [2.24, 2.45) is 0 Å². The van der Waals surface area contributed by atoms with E-state index in [1.54, 1.807) is 0 Å². The van der Waals surface area contributed by atoms with Crippen LogP contribution in [0.4, 0.5) is 34.1 Å². The molecule has 12 rings (SSSR count). The molecule has 0 atom stereocenters. The van der Waals surface area contributed by atoms with Crippen LogP contribution in [0.5, 0.6) is 0 Å². The van der Waals surface area contributed by atoms with E-state index in [1.807, 2.05) is 54.6 Å². The summed E-state index contributed by atoms with van der Waals surface area (Å²) in [6, 6.07) is 68.1. The van der Waals surface area contributed by atoms with Gasteiger partial charge in [-0.2, -0.15) is 13.7 Å². The molecule has 394 valence electrons. The molecule has 0 aliphatic heterocycles. The van der Waals surface area contributed by atoms with Gasteiger partial charge in [0.2, 0.25) is 33.6 Å². The zero-order valence-electron chi connectivity index (χ0n) is 44.1. The highest BCUT2D eigenvalue weighted by Crippen LogP contribution is 2.36. The molecule has 0 aliphatic carbocycles. The molecule has 3 aromatic heterocycles. The summed E-state index contributed by atoms with van der Waals surface area (Å²) in [6.45, 7) is 9.05. The fourth-order valence-corrected chi connectivity index (χ4v) is 10.5. The van der Waals surface area contributed by atoms with Crippen molar-refractivity contribution in [2.45, 2.75) is 40.4 Å². The highest BCUT2D eigenvalue weighted by molar-refractivity contribution is 6.12. The Kier molecular flexibility index (Phi) is 18.2. The Morgan fingerprint density at radius 2 is 0.494 bits per heavy atom. The van der Waals surface area contributed by atoms with Crippen LogP contribution in [0.1, 0.15) is 20.8 Å². The SMILES string of the molecule is CC[n+]1c(-c2ccccc2)c2cc(N)ccc2c2ccc(N)cc21.CC[n+]1c(-c2ccccc2)c2cc(N)ccc2c2ccc(N)cc21.CC[n+]1c(-c2ccccc2)c2cc(N)ccc2c2ccc(N)cc21.Cl.[N-]=[N+]=[N-].[N-]=[N+]=[N-]. The molecule has 79 heavy (non-hydrogen) atoms. The summed E-state index contributed by atoms with van der Waals surface area (Å²) < 4.78 is 6.97. The van der Waals surface area contributed by atoms with E-state index in [0.717, 1.165) is 70.3 Å². The zero-order valence-corrected chi connectivity index (χ0v) is 44.9. The number of halogens is 1. The lowest BCUT2D eigenvalue weighted by atomic mass is 9.98. The van der Waals surface area contributed by atoms with Gasteiger partial charge in [0.15, 0.2) is 0 Å². The highest BCUT2D eigenvalue weighted by atomic mass is 35.5. The first kappa shape index (κ1) is 56.4. The Balaban J connectivity index is 0.000000162. The van der Waals surface area contributed by atoms with E-state index in [0.29, 0.717) is 0 Å². The fourth-order valence-electron chi connectivity index (χ4n) is 10.5. The lowest BCUT2D eigenvalue weighted by Gasteiger charge is -2.12. The number of pyridine rings is 3. The van der Waals surface area contributed by atoms with Crippen LogP contribution >= 0.6 is 12.4 Å². The topological polar surface area (TPSA) is 285 Å². The predicted octanol–water partition coefficient (Wildman–Crippen LogP) is 14.5. The molecule has 0 unspecified atom stereocenters. The third kappa shape index (κ3) is 11.8. The number of nitrogens with zero attached hydrogens (tertiary/aromatic N) is 9. The standard InChI is InChI=1S/3C21H19N3.ClH.2N3/c3*1-2-24-20-13-16(23)9-11-18(20)17-10-8-15(22)12-19(17)21(24)14-6-4-3-5-7-14;;2*1-3-2/h3*3-13,23H,2,22H2,1H3;1H;;/q;;;;2*-1/p+3. The van der Waals surface area contributed by atoms with Crippen molar-refractivity contribution in [3.63, 3.8) is 0 Å². The molecule has 0 saturated carbocycles. The Hall–Kier alpha value is -10.3. The number of benzene rings is 9. The van der Waals surface area contributed by atoms with E-state index >= 15 is 0 Å². The van der Waals surface area contributed by atoms with E-state index in [9.17, 15) is 0 Å². The molecule has 0 spiro atoms. The lowest BCUT2D eigenvalue weighted by molar-refractivity contribution is -0.655. The second-order valence-electron chi connectivity index (χ2n) is 18.3. The first-order valence-corrected chi connectivity index (χ1v) is 25.4. The quantitative estimate of drug-likeness (QED) is 0.0235. The number of nitrogen functional groups attached to an aromatic ring is 6. The van der Waals surface area contributed by atoms with Crippen LogP contribution in [0.2, 0.25) is 0 Å². The molecule has 0 saturated heterocycles. The van der Waals surface area contributed by atoms with Crippen LogP contribution in [-0.2, 0) is 19.6 Å². The van der Waals surface area contributed by atoms with Gasteiger partial charge in [0.25, 0.3) is 0 Å². The maximum absolute atomic E-state index is 6.75. The minimum atomic E-state index is 0. The van der Waals surface area contributed by atoms with Crippen molar-refractivity contribution in [2.75, 3.05) is 34.4 Å². The van der Waals surface area contributed by atoms with Gasteiger partial charge in [0, 0.05) is 85.2 Å². The van der Waals surface area contributed by atoms with Crippen molar-refractivity contribution in [1.82, 2.24) is 0 Å². The van der Waals surface area contributed by atoms with Crippen LogP contribution in [-0.4, -0.2) is 0 Å². The van der Waals surface area contributed by atoms with E-state index < -0.39 is 0 Å². The number of anilines is 6. The predicted molar refractivity (Wildman–Crippen MR) is 332 cm³/mol. The minimum absolute atomic E-state index is 0. The fraction of sp³-hybridized carbons (Fsp3) is 0.0952. The third-order valence-electron chi connectivity index (χ3n) is 13.6. The lowest BCUT2D eigenvalue weighted by Crippen LogP contribution is -2.36. The van der Waals surface area contributed by atoms with Gasteiger partial charge in [-0.1, -0.05) is 72.8 Å². The van der Waals surface area contributed by atoms with Crippen molar-refractivity contribution >= 4 is 112 Å². The highest BCUT2D eigenvalue weighted by Gasteiger charge is 2.25. The van der Waals surface area contributed by atoms with Crippen LogP contribution in [0.25, 0.3) is 131 Å². The number of aryl methyl sites for hydroxylation is 3. The number of rotatable bonds is 6. The smallest absolute Gasteiger partial charge is 0.220 e. The summed E-state index contributed by atoms with van der Waals surface area (Å²) >= 11 is 0. The van der Waals surface area contributed by atoms with Gasteiger partial charge in [-0.3, -0.25) is 9.82 Å². The van der Waals surface area contributed by atoms with Gasteiger partial charge in [-0.15, -0.1) is 12.4 Å². The van der Waals surface area contributed by atoms with Gasteiger partial charge in [0.1, 0.15) is 19.6 Å². The zero-order chi connectivity index (χ0) is 55.5. The third-order valence-corrected chi connectivity index (χ3v) is 13.6. The van der Waals surface area contributed by atoms with Crippen LogP contribution in [0, 0.1) is 0 Å². The Morgan fingerprint density at radius 1 is 0.291 bits per heavy atom. The molecule has 3 heterocycles. The normalized spacial score (nSPS) is 10.4. The Bertz CT molecular complexity index is 3790. The van der Waals surface area contributed by atoms with E-state index in [4.69, 9.17) is 56.5 Å². The molecule has 0 aliphatic rings. The van der Waals surface area contributed by atoms with E-state index in [-0.39, 0.29) is 12.4 Å². The molecule has 15 nitrogen and oxygen atoms in total. The summed E-state index contributed by atoms with van der Waals surface area (Å²) in [5, 5.41) is 10.7. The maximum Gasteiger partial charge on any atom is 0.220 e. The van der Waals surface area contributed by atoms with E-state index in [1.165, 1.54) is 92.1 Å². The molecule has 0 amide bonds. The van der Waals surface area contributed by atoms with Gasteiger partial charge < -0.3 is 56.5 Å². The minimum Gasteiger partial charge on any atom is -0.399 e. The monoisotopic (exact) mass is 1060 g/mol. The summed E-state index contributed by atoms with van der Waals surface area (Å²) in [5.41, 5.74) is 78.7. The van der Waals surface area contributed by atoms with Gasteiger partial charge >= 0.3 is 0 Å². The number of fused-ring (bicyclic) bond motifs is 9. The van der Waals surface area contributed by atoms with Crippen molar-refractivity contribution < 1.29 is 13.7 Å². The maximum atomic E-state index is 6.75. The molecule has 0 fully saturated rings. The number of hydrogen-bond acceptors (Lipinski definition) is 6. The average molecular weight is 1060 g/mol. The molecular weight excluding hydrogens is 1000 g/mol. The van der Waals surface area contributed by atoms with Crippen molar-refractivity contribution in [1.29, 1.82) is 0 Å². The molecular formula is C63H61ClN15+. The van der Waals surface area contributed by atoms with Gasteiger partial charge in [0.05, 0.1) is 32.3 Å². The van der Waals surface area contributed by atoms with Crippen LogP contribution < -0.4 is 48.1 Å². The van der Waals surface area contributed by atoms with Crippen LogP contribution in [0.3, 0.4) is 0 Å². The van der Waals surface area contributed by atoms with Crippen LogP contribution in [0.15, 0.2) is 200 Å². The van der Waals surface area contributed by atoms with Crippen molar-refractivity contribution in [3.05, 3.63) is 232 Å². The number of hydrogen-bond donors (Lipinski definition) is 6. The average Bonchev–Trinajstić information content (AvgIpc) is 3.63. The number of nitrogens with two attached hydrogens (primary N) is 6. The summed E-state index contributed by atoms with van der Waals surface area (Å²) in [5.74, 6) is 0. The molecule has 0 bridgehead atoms. The largest absolute Gasteiger partial charge is 0.399 e. The second kappa shape index (κ2) is 25.5. The molecule has 9 aromatic carbocycles. The summed E-state index contributed by atoms with van der Waals surface area (Å²) in [7, 11) is 0. The molecule has 12 aromatic rings. The van der Waals surface area contributed by atoms with Crippen molar-refractivity contribution in [3.8, 4) is 33.8 Å².